The van der Waals surface area contributed by atoms with Gasteiger partial charge in [-0.05, 0) is 19.8 Å². The highest BCUT2D eigenvalue weighted by Crippen LogP contribution is 2.09. The van der Waals surface area contributed by atoms with Crippen LogP contribution in [0.4, 0.5) is 0 Å². The summed E-state index contributed by atoms with van der Waals surface area (Å²) in [6.45, 7) is 8.17. The Morgan fingerprint density at radius 1 is 1.46 bits per heavy atom. The van der Waals surface area contributed by atoms with Gasteiger partial charge in [0.2, 0.25) is 0 Å². The second-order valence-corrected chi connectivity index (χ2v) is 6.13. The topological polar surface area (TPSA) is 43.1 Å². The van der Waals surface area contributed by atoms with Gasteiger partial charge in [-0.25, -0.2) is 0 Å². The minimum atomic E-state index is -0.746. The standard InChI is InChI=1S/C10H23NOS/c1-5-6-9(2)7-13(12)8-10(3,4)11/h9H,5-8,11H2,1-4H3. The van der Waals surface area contributed by atoms with Crippen molar-refractivity contribution in [2.75, 3.05) is 11.5 Å². The maximum Gasteiger partial charge on any atom is 0.0410 e. The molecule has 2 unspecified atom stereocenters. The van der Waals surface area contributed by atoms with Crippen molar-refractivity contribution < 1.29 is 4.21 Å². The first-order chi connectivity index (χ1) is 5.85. The van der Waals surface area contributed by atoms with E-state index in [4.69, 9.17) is 5.73 Å². The highest BCUT2D eigenvalue weighted by molar-refractivity contribution is 7.85. The molecule has 0 fully saturated rings. The lowest BCUT2D eigenvalue weighted by Crippen LogP contribution is -2.39. The third kappa shape index (κ3) is 8.44. The van der Waals surface area contributed by atoms with Crippen LogP contribution in [0.5, 0.6) is 0 Å². The first kappa shape index (κ1) is 13.1. The summed E-state index contributed by atoms with van der Waals surface area (Å²) in [5, 5.41) is 0. The van der Waals surface area contributed by atoms with Crippen molar-refractivity contribution in [3.8, 4) is 0 Å². The highest BCUT2D eigenvalue weighted by Gasteiger charge is 2.16. The zero-order valence-corrected chi connectivity index (χ0v) is 10.1. The molecule has 0 radical (unpaired) electrons. The number of hydrogen-bond acceptors (Lipinski definition) is 2. The van der Waals surface area contributed by atoms with Crippen molar-refractivity contribution in [3.05, 3.63) is 0 Å². The lowest BCUT2D eigenvalue weighted by Gasteiger charge is -2.19. The van der Waals surface area contributed by atoms with Crippen LogP contribution < -0.4 is 5.73 Å². The molecule has 0 aliphatic rings. The first-order valence-corrected chi connectivity index (χ1v) is 6.48. The van der Waals surface area contributed by atoms with Crippen LogP contribution in [0.1, 0.15) is 40.5 Å². The molecule has 0 aromatic rings. The summed E-state index contributed by atoms with van der Waals surface area (Å²) in [5.74, 6) is 1.98. The van der Waals surface area contributed by atoms with E-state index in [-0.39, 0.29) is 5.54 Å². The molecule has 0 spiro atoms. The lowest BCUT2D eigenvalue weighted by molar-refractivity contribution is 0.555. The number of rotatable bonds is 6. The van der Waals surface area contributed by atoms with E-state index < -0.39 is 10.8 Å². The van der Waals surface area contributed by atoms with Crippen molar-refractivity contribution in [1.29, 1.82) is 0 Å². The Hall–Kier alpha value is 0.110. The van der Waals surface area contributed by atoms with Crippen molar-refractivity contribution in [1.82, 2.24) is 0 Å². The number of hydrogen-bond donors (Lipinski definition) is 1. The van der Waals surface area contributed by atoms with Crippen LogP contribution >= 0.6 is 0 Å². The summed E-state index contributed by atoms with van der Waals surface area (Å²) in [4.78, 5) is 0. The van der Waals surface area contributed by atoms with Gasteiger partial charge in [0.15, 0.2) is 0 Å². The average Bonchev–Trinajstić information content (AvgIpc) is 1.81. The summed E-state index contributed by atoms with van der Waals surface area (Å²) in [6.07, 6.45) is 2.33. The van der Waals surface area contributed by atoms with Gasteiger partial charge in [0.1, 0.15) is 0 Å². The second-order valence-electron chi connectivity index (χ2n) is 4.63. The maximum absolute atomic E-state index is 11.6. The van der Waals surface area contributed by atoms with Gasteiger partial charge in [0.05, 0.1) is 0 Å². The largest absolute Gasteiger partial charge is 0.325 e. The fraction of sp³-hybridized carbons (Fsp3) is 1.00. The van der Waals surface area contributed by atoms with E-state index in [1.54, 1.807) is 0 Å². The zero-order valence-electron chi connectivity index (χ0n) is 9.30. The molecule has 3 heteroatoms. The van der Waals surface area contributed by atoms with Crippen LogP contribution in [-0.2, 0) is 10.8 Å². The molecule has 0 saturated heterocycles. The molecule has 13 heavy (non-hydrogen) atoms. The van der Waals surface area contributed by atoms with Crippen LogP contribution in [0.25, 0.3) is 0 Å². The van der Waals surface area contributed by atoms with Gasteiger partial charge in [-0.2, -0.15) is 0 Å². The van der Waals surface area contributed by atoms with Crippen molar-refractivity contribution >= 4 is 10.8 Å². The van der Waals surface area contributed by atoms with Gasteiger partial charge in [0, 0.05) is 27.8 Å². The molecule has 0 rings (SSSR count). The van der Waals surface area contributed by atoms with Crippen molar-refractivity contribution in [2.24, 2.45) is 11.7 Å². The van der Waals surface area contributed by atoms with E-state index in [1.165, 1.54) is 6.42 Å². The van der Waals surface area contributed by atoms with E-state index >= 15 is 0 Å². The molecule has 0 aliphatic heterocycles. The van der Waals surface area contributed by atoms with E-state index in [2.05, 4.69) is 13.8 Å². The van der Waals surface area contributed by atoms with Crippen molar-refractivity contribution in [3.63, 3.8) is 0 Å². The summed E-state index contributed by atoms with van der Waals surface area (Å²) in [6, 6.07) is 0. The van der Waals surface area contributed by atoms with Gasteiger partial charge in [-0.15, -0.1) is 0 Å². The van der Waals surface area contributed by atoms with Crippen LogP contribution in [0, 0.1) is 5.92 Å². The van der Waals surface area contributed by atoms with E-state index in [0.717, 1.165) is 12.2 Å². The Labute approximate surface area is 84.7 Å². The molecule has 0 amide bonds. The maximum atomic E-state index is 11.6. The molecule has 0 saturated carbocycles. The zero-order chi connectivity index (χ0) is 10.5. The van der Waals surface area contributed by atoms with Crippen LogP contribution in [0.3, 0.4) is 0 Å². The third-order valence-corrected chi connectivity index (χ3v) is 3.79. The Morgan fingerprint density at radius 2 is 2.00 bits per heavy atom. The second kappa shape index (κ2) is 5.76. The molecule has 2 atom stereocenters. The molecule has 0 aromatic heterocycles. The quantitative estimate of drug-likeness (QED) is 0.720. The van der Waals surface area contributed by atoms with E-state index in [0.29, 0.717) is 11.7 Å². The van der Waals surface area contributed by atoms with E-state index in [9.17, 15) is 4.21 Å². The Morgan fingerprint density at radius 3 is 2.38 bits per heavy atom. The SMILES string of the molecule is CCCC(C)CS(=O)CC(C)(C)N. The van der Waals surface area contributed by atoms with Crippen molar-refractivity contribution in [2.45, 2.75) is 46.1 Å². The van der Waals surface area contributed by atoms with Gasteiger partial charge in [-0.1, -0.05) is 26.7 Å². The summed E-state index contributed by atoms with van der Waals surface area (Å²) >= 11 is 0. The monoisotopic (exact) mass is 205 g/mol. The smallest absolute Gasteiger partial charge is 0.0410 e. The molecule has 2 N–H and O–H groups in total. The molecule has 0 heterocycles. The molecule has 2 nitrogen and oxygen atoms in total. The normalized spacial score (nSPS) is 17.0. The predicted molar refractivity (Wildman–Crippen MR) is 60.2 cm³/mol. The molecular weight excluding hydrogens is 182 g/mol. The Kier molecular flexibility index (Phi) is 5.81. The fourth-order valence-electron chi connectivity index (χ4n) is 1.37. The van der Waals surface area contributed by atoms with Gasteiger partial charge >= 0.3 is 0 Å². The molecule has 0 aliphatic carbocycles. The van der Waals surface area contributed by atoms with Gasteiger partial charge in [0.25, 0.3) is 0 Å². The molecule has 0 aromatic carbocycles. The minimum absolute atomic E-state index is 0.295. The van der Waals surface area contributed by atoms with Gasteiger partial charge < -0.3 is 5.73 Å². The molecule has 80 valence electrons. The van der Waals surface area contributed by atoms with Crippen LogP contribution in [0.2, 0.25) is 0 Å². The lowest BCUT2D eigenvalue weighted by atomic mass is 10.1. The Bertz CT molecular complexity index is 163. The highest BCUT2D eigenvalue weighted by atomic mass is 32.2. The minimum Gasteiger partial charge on any atom is -0.325 e. The molecule has 0 bridgehead atoms. The fourth-order valence-corrected chi connectivity index (χ4v) is 3.12. The van der Waals surface area contributed by atoms with E-state index in [1.807, 2.05) is 13.8 Å². The summed E-state index contributed by atoms with van der Waals surface area (Å²) < 4.78 is 11.6. The van der Waals surface area contributed by atoms with Gasteiger partial charge in [-0.3, -0.25) is 4.21 Å². The summed E-state index contributed by atoms with van der Waals surface area (Å²) in [7, 11) is -0.746. The average molecular weight is 205 g/mol. The van der Waals surface area contributed by atoms with Crippen LogP contribution in [-0.4, -0.2) is 21.3 Å². The first-order valence-electron chi connectivity index (χ1n) is 4.99. The molecular formula is C10H23NOS. The predicted octanol–water partition coefficient (Wildman–Crippen LogP) is 1.91. The third-order valence-electron chi connectivity index (χ3n) is 1.78. The summed E-state index contributed by atoms with van der Waals surface area (Å²) in [5.41, 5.74) is 5.50. The Balaban J connectivity index is 3.74. The number of nitrogens with two attached hydrogens (primary N) is 1. The van der Waals surface area contributed by atoms with Crippen LogP contribution in [0.15, 0.2) is 0 Å².